The van der Waals surface area contributed by atoms with Gasteiger partial charge in [-0.25, -0.2) is 0 Å². The molecule has 7 aromatic carbocycles. The van der Waals surface area contributed by atoms with E-state index < -0.39 is 17.7 Å². The summed E-state index contributed by atoms with van der Waals surface area (Å²) >= 11 is 0. The lowest BCUT2D eigenvalue weighted by Gasteiger charge is -2.14. The van der Waals surface area contributed by atoms with E-state index in [1.807, 2.05) is 54.6 Å². The Morgan fingerprint density at radius 2 is 0.340 bits per heavy atom. The second-order valence-corrected chi connectivity index (χ2v) is 39.8. The predicted octanol–water partition coefficient (Wildman–Crippen LogP) is 36.4. The third-order valence-corrected chi connectivity index (χ3v) is 27.3. The standard InChI is InChI=1S/C123H177N9O12/c1-7-13-19-25-31-37-43-49-55-61-85-136-109-82-73-100(94-112(109)139-88-64-58-52-46-40-34-28-22-16-10-4)121-130-127-118(142-121)97-67-76-106(77-68-97)124-115(133)103-91-104(116(134)125-107-78-69-98(70-79-107)119-128-131-122(143-119)101-74-83-110(137-86-62-56-50-44-38-32-26-20-14-8-2)113(95-101)140-89-65-59-53-47-41-35-29-23-17-11-5)93-105(92-103)117(135)126-108-80-71-99(72-81-108)120-129-132-123(144-120)102-75-84-111(138-87-63-57-51-45-39-33-27-21-15-9-3)114(96-102)141-90-66-60-54-48-42-36-30-24-18-12-6/h67-84,91-96H,7-66,85-90H2,1-6H3,(H,124,133)(H,125,134)(H,126,135). The van der Waals surface area contributed by atoms with Crippen LogP contribution >= 0.6 is 0 Å². The van der Waals surface area contributed by atoms with Crippen LogP contribution in [0.4, 0.5) is 17.1 Å². The van der Waals surface area contributed by atoms with Crippen LogP contribution in [0.5, 0.6) is 34.5 Å². The number of carbonyl (C=O) groups is 3. The van der Waals surface area contributed by atoms with Crippen LogP contribution in [0.1, 0.15) is 458 Å². The minimum absolute atomic E-state index is 0.0455. The number of nitrogens with zero attached hydrogens (tertiary/aromatic N) is 6. The number of hydrogen-bond acceptors (Lipinski definition) is 18. The van der Waals surface area contributed by atoms with Crippen LogP contribution in [0, 0.1) is 0 Å². The normalized spacial score (nSPS) is 11.4. The zero-order chi connectivity index (χ0) is 101. The highest BCUT2D eigenvalue weighted by atomic mass is 16.5. The van der Waals surface area contributed by atoms with Crippen LogP contribution in [0.2, 0.25) is 0 Å². The van der Waals surface area contributed by atoms with Gasteiger partial charge in [-0.3, -0.25) is 14.4 Å². The number of hydrogen-bond donors (Lipinski definition) is 3. The fraction of sp³-hybridized carbons (Fsp3) is 0.585. The number of ether oxygens (including phenoxy) is 6. The zero-order valence-electron chi connectivity index (χ0n) is 89.1. The lowest BCUT2D eigenvalue weighted by atomic mass is 10.0. The molecule has 0 unspecified atom stereocenters. The summed E-state index contributed by atoms with van der Waals surface area (Å²) in [5, 5.41) is 35.9. The second-order valence-electron chi connectivity index (χ2n) is 39.8. The van der Waals surface area contributed by atoms with E-state index >= 15 is 0 Å². The van der Waals surface area contributed by atoms with E-state index in [-0.39, 0.29) is 34.4 Å². The van der Waals surface area contributed by atoms with E-state index in [4.69, 9.17) is 41.7 Å². The Morgan fingerprint density at radius 1 is 0.188 bits per heavy atom. The maximum atomic E-state index is 14.7. The van der Waals surface area contributed by atoms with Crippen molar-refractivity contribution < 1.29 is 56.1 Å². The maximum Gasteiger partial charge on any atom is 0.255 e. The molecular formula is C123H177N9O12. The van der Waals surface area contributed by atoms with Crippen molar-refractivity contribution in [2.45, 2.75) is 427 Å². The summed E-state index contributed by atoms with van der Waals surface area (Å²) in [5.74, 6) is 4.13. The molecule has 0 atom stereocenters. The average Bonchev–Trinajstić information content (AvgIpc) is 1.73. The molecule has 0 radical (unpaired) electrons. The van der Waals surface area contributed by atoms with E-state index in [0.717, 1.165) is 77.0 Å². The number of nitrogens with one attached hydrogen (secondary N) is 3. The lowest BCUT2D eigenvalue weighted by molar-refractivity contribution is 0.102. The topological polar surface area (TPSA) is 259 Å². The van der Waals surface area contributed by atoms with Gasteiger partial charge in [0.15, 0.2) is 34.5 Å². The Kier molecular flexibility index (Phi) is 57.3. The first-order valence-electron chi connectivity index (χ1n) is 57.1. The molecule has 10 aromatic rings. The fourth-order valence-electron chi connectivity index (χ4n) is 18.3. The number of rotatable bonds is 84. The first kappa shape index (κ1) is 115. The average molecular weight is 1970 g/mol. The van der Waals surface area contributed by atoms with Gasteiger partial charge in [0.05, 0.1) is 39.6 Å². The molecule has 0 aliphatic heterocycles. The summed E-state index contributed by atoms with van der Waals surface area (Å²) in [6.07, 6.45) is 74.5. The molecule has 21 heteroatoms. The van der Waals surface area contributed by atoms with Gasteiger partial charge in [-0.05, 0) is 184 Å². The molecule has 3 heterocycles. The molecule has 3 aromatic heterocycles. The minimum Gasteiger partial charge on any atom is -0.490 e. The van der Waals surface area contributed by atoms with Crippen molar-refractivity contribution >= 4 is 34.8 Å². The van der Waals surface area contributed by atoms with Gasteiger partial charge in [-0.2, -0.15) is 0 Å². The summed E-state index contributed by atoms with van der Waals surface area (Å²) < 4.78 is 57.9. The number of unbranched alkanes of at least 4 members (excludes halogenated alkanes) is 54. The Bertz CT molecular complexity index is 4590. The third kappa shape index (κ3) is 44.6. The van der Waals surface area contributed by atoms with E-state index in [2.05, 4.69) is 88.1 Å². The van der Waals surface area contributed by atoms with Crippen LogP contribution in [-0.4, -0.2) is 88.0 Å². The van der Waals surface area contributed by atoms with Crippen LogP contribution in [0.25, 0.3) is 68.7 Å². The van der Waals surface area contributed by atoms with Crippen molar-refractivity contribution in [3.05, 3.63) is 162 Å². The van der Waals surface area contributed by atoms with Gasteiger partial charge in [0.25, 0.3) is 17.7 Å². The van der Waals surface area contributed by atoms with Crippen molar-refractivity contribution in [2.75, 3.05) is 55.6 Å². The first-order valence-corrected chi connectivity index (χ1v) is 57.1. The molecule has 0 saturated carbocycles. The highest BCUT2D eigenvalue weighted by molar-refractivity contribution is 6.13. The second kappa shape index (κ2) is 71.6. The molecule has 0 aliphatic carbocycles. The Morgan fingerprint density at radius 3 is 0.521 bits per heavy atom. The van der Waals surface area contributed by atoms with Gasteiger partial charge in [-0.1, -0.05) is 388 Å². The number of anilines is 3. The van der Waals surface area contributed by atoms with Crippen molar-refractivity contribution in [1.82, 2.24) is 30.6 Å². The highest BCUT2D eigenvalue weighted by Crippen LogP contribution is 2.40. The summed E-state index contributed by atoms with van der Waals surface area (Å²) in [4.78, 5) is 44.2. The smallest absolute Gasteiger partial charge is 0.255 e. The van der Waals surface area contributed by atoms with Crippen molar-refractivity contribution in [3.63, 3.8) is 0 Å². The van der Waals surface area contributed by atoms with Crippen LogP contribution in [-0.2, 0) is 0 Å². The van der Waals surface area contributed by atoms with Crippen LogP contribution in [0.3, 0.4) is 0 Å². The monoisotopic (exact) mass is 1970 g/mol. The largest absolute Gasteiger partial charge is 0.490 e. The molecule has 3 amide bonds. The summed E-state index contributed by atoms with van der Waals surface area (Å²) in [6.45, 7) is 17.1. The molecular weight excluding hydrogens is 1800 g/mol. The van der Waals surface area contributed by atoms with Crippen molar-refractivity contribution in [3.8, 4) is 103 Å². The SMILES string of the molecule is CCCCCCCCCCCCOc1ccc(-c2nnc(-c3ccc(NC(=O)c4cc(C(=O)Nc5ccc(-c6nnc(-c7ccc(OCCCCCCCCCCCC)c(OCCCCCCCCCCCC)c7)o6)cc5)cc(C(=O)Nc5ccc(-c6nnc(-c7ccc(OCCCCCCCCCCCC)c(OCCCCCCCCCCCC)c7)o6)cc5)c4)cc3)o2)cc1OCCCCCCCCCCCC. The molecule has 0 spiro atoms. The highest BCUT2D eigenvalue weighted by Gasteiger charge is 2.24. The number of benzene rings is 7. The number of carbonyl (C=O) groups excluding carboxylic acids is 3. The van der Waals surface area contributed by atoms with Gasteiger partial charge >= 0.3 is 0 Å². The molecule has 0 saturated heterocycles. The van der Waals surface area contributed by atoms with Crippen molar-refractivity contribution in [2.24, 2.45) is 0 Å². The number of aromatic nitrogens is 6. The Labute approximate surface area is 864 Å². The predicted molar refractivity (Wildman–Crippen MR) is 590 cm³/mol. The minimum atomic E-state index is -0.575. The molecule has 0 fully saturated rings. The van der Waals surface area contributed by atoms with Crippen LogP contribution in [0.15, 0.2) is 159 Å². The fourth-order valence-corrected chi connectivity index (χ4v) is 18.3. The van der Waals surface area contributed by atoms with Gasteiger partial charge in [0, 0.05) is 67.1 Å². The molecule has 144 heavy (non-hydrogen) atoms. The molecule has 10 rings (SSSR count). The van der Waals surface area contributed by atoms with Crippen molar-refractivity contribution in [1.29, 1.82) is 0 Å². The maximum absolute atomic E-state index is 14.7. The Hall–Kier alpha value is -10.8. The first-order chi connectivity index (χ1) is 71.0. The Balaban J connectivity index is 0.823. The van der Waals surface area contributed by atoms with E-state index in [1.54, 1.807) is 72.8 Å². The number of amides is 3. The van der Waals surface area contributed by atoms with Gasteiger partial charge in [-0.15, -0.1) is 30.6 Å². The zero-order valence-corrected chi connectivity index (χ0v) is 89.1. The molecule has 21 nitrogen and oxygen atoms in total. The van der Waals surface area contributed by atoms with Gasteiger partial charge < -0.3 is 57.6 Å². The molecule has 0 bridgehead atoms. The molecule has 0 aliphatic rings. The third-order valence-electron chi connectivity index (χ3n) is 27.3. The summed E-state index contributed by atoms with van der Waals surface area (Å²) in [7, 11) is 0. The van der Waals surface area contributed by atoms with E-state index in [0.29, 0.717) is 142 Å². The van der Waals surface area contributed by atoms with E-state index in [9.17, 15) is 14.4 Å². The molecule has 786 valence electrons. The summed E-state index contributed by atoms with van der Waals surface area (Å²) in [6, 6.07) is 42.9. The quantitative estimate of drug-likeness (QED) is 0.0299. The lowest BCUT2D eigenvalue weighted by Crippen LogP contribution is -2.19. The van der Waals surface area contributed by atoms with Gasteiger partial charge in [0.2, 0.25) is 35.3 Å². The summed E-state index contributed by atoms with van der Waals surface area (Å²) in [5.41, 5.74) is 5.39. The van der Waals surface area contributed by atoms with Crippen LogP contribution < -0.4 is 44.4 Å². The molecule has 3 N–H and O–H groups in total. The van der Waals surface area contributed by atoms with Gasteiger partial charge in [0.1, 0.15) is 0 Å². The van der Waals surface area contributed by atoms with E-state index in [1.165, 1.54) is 326 Å².